The van der Waals surface area contributed by atoms with Crippen molar-refractivity contribution in [3.8, 4) is 0 Å². The lowest BCUT2D eigenvalue weighted by molar-refractivity contribution is -0.384. The normalized spacial score (nSPS) is 15.9. The Morgan fingerprint density at radius 1 is 1.12 bits per heavy atom. The Morgan fingerprint density at radius 2 is 1.79 bits per heavy atom. The van der Waals surface area contributed by atoms with E-state index >= 15 is 0 Å². The minimum absolute atomic E-state index is 0.0651. The first-order valence-electron chi connectivity index (χ1n) is 10.1. The first-order chi connectivity index (χ1) is 15.9. The molecule has 14 heteroatoms. The summed E-state index contributed by atoms with van der Waals surface area (Å²) in [5, 5.41) is 14.0. The highest BCUT2D eigenvalue weighted by Crippen LogP contribution is 2.31. The summed E-state index contributed by atoms with van der Waals surface area (Å²) >= 11 is 1.12. The number of non-ortho nitro benzene ring substituents is 1. The van der Waals surface area contributed by atoms with Gasteiger partial charge in [-0.1, -0.05) is 17.4 Å². The number of benzene rings is 2. The van der Waals surface area contributed by atoms with E-state index in [2.05, 4.69) is 10.3 Å². The number of rotatable bonds is 6. The van der Waals surface area contributed by atoms with Crippen LogP contribution in [0.3, 0.4) is 0 Å². The number of nitro benzene ring substituents is 1. The number of aromatic nitrogens is 1. The molecule has 3 aromatic rings. The lowest BCUT2D eigenvalue weighted by Gasteiger charge is -2.30. The summed E-state index contributed by atoms with van der Waals surface area (Å²) < 4.78 is 51.3. The van der Waals surface area contributed by atoms with Gasteiger partial charge in [0.1, 0.15) is 0 Å². The fraction of sp³-hybridized carbons (Fsp3) is 0.300. The van der Waals surface area contributed by atoms with Gasteiger partial charge in [0.25, 0.3) is 5.69 Å². The zero-order valence-corrected chi connectivity index (χ0v) is 20.3. The number of piperidine rings is 1. The summed E-state index contributed by atoms with van der Waals surface area (Å²) in [4.78, 5) is 27.2. The van der Waals surface area contributed by atoms with E-state index in [1.807, 2.05) is 0 Å². The molecular weight excluding hydrogens is 504 g/mol. The number of sulfonamides is 1. The Morgan fingerprint density at radius 3 is 2.44 bits per heavy atom. The molecule has 0 unspecified atom stereocenters. The van der Waals surface area contributed by atoms with E-state index in [-0.39, 0.29) is 47.3 Å². The van der Waals surface area contributed by atoms with E-state index in [0.717, 1.165) is 23.7 Å². The van der Waals surface area contributed by atoms with Crippen molar-refractivity contribution in [2.45, 2.75) is 22.6 Å². The fourth-order valence-corrected chi connectivity index (χ4v) is 6.82. The monoisotopic (exact) mass is 524 g/mol. The Hall–Kier alpha value is -2.94. The molecule has 0 saturated carbocycles. The largest absolute Gasteiger partial charge is 0.302 e. The third-order valence-electron chi connectivity index (χ3n) is 5.51. The van der Waals surface area contributed by atoms with Crippen LogP contribution in [0.2, 0.25) is 0 Å². The van der Waals surface area contributed by atoms with Crippen molar-refractivity contribution in [3.05, 3.63) is 52.6 Å². The first kappa shape index (κ1) is 24.2. The van der Waals surface area contributed by atoms with Gasteiger partial charge in [-0.15, -0.1) is 0 Å². The first-order valence-corrected chi connectivity index (χ1v) is 14.3. The average Bonchev–Trinajstić information content (AvgIpc) is 3.20. The molecule has 1 aliphatic rings. The standard InChI is InChI=1S/C20H20N4O7S3/c1-33(28,29)15-3-2-4-16(12-15)34(30,31)23-9-7-13(8-10-23)19(25)22-20-21-17-6-5-14(24(26)27)11-18(17)32-20/h2-6,11-13H,7-10H2,1H3,(H,21,22,25). The van der Waals surface area contributed by atoms with Gasteiger partial charge in [-0.25, -0.2) is 21.8 Å². The van der Waals surface area contributed by atoms with Crippen LogP contribution in [0.25, 0.3) is 10.2 Å². The number of fused-ring (bicyclic) bond motifs is 1. The molecule has 1 saturated heterocycles. The number of thiazole rings is 1. The third-order valence-corrected chi connectivity index (χ3v) is 9.45. The van der Waals surface area contributed by atoms with Gasteiger partial charge in [-0.2, -0.15) is 4.31 Å². The smallest absolute Gasteiger partial charge is 0.270 e. The molecule has 1 fully saturated rings. The van der Waals surface area contributed by atoms with Gasteiger partial charge < -0.3 is 5.32 Å². The second kappa shape index (κ2) is 9.02. The van der Waals surface area contributed by atoms with Crippen LogP contribution >= 0.6 is 11.3 Å². The minimum Gasteiger partial charge on any atom is -0.302 e. The van der Waals surface area contributed by atoms with Gasteiger partial charge in [-0.3, -0.25) is 14.9 Å². The zero-order valence-electron chi connectivity index (χ0n) is 17.9. The SMILES string of the molecule is CS(=O)(=O)c1cccc(S(=O)(=O)N2CCC(C(=O)Nc3nc4ccc([N+](=O)[O-])cc4s3)CC2)c1. The van der Waals surface area contributed by atoms with Crippen LogP contribution in [0.15, 0.2) is 52.3 Å². The molecule has 1 N–H and O–H groups in total. The second-order valence-electron chi connectivity index (χ2n) is 7.84. The molecule has 0 spiro atoms. The molecule has 1 aromatic heterocycles. The van der Waals surface area contributed by atoms with Crippen LogP contribution in [0.5, 0.6) is 0 Å². The Kier molecular flexibility index (Phi) is 6.42. The number of carbonyl (C=O) groups is 1. The molecule has 11 nitrogen and oxygen atoms in total. The highest BCUT2D eigenvalue weighted by Gasteiger charge is 2.33. The quantitative estimate of drug-likeness (QED) is 0.381. The van der Waals surface area contributed by atoms with Crippen LogP contribution in [0.4, 0.5) is 10.8 Å². The van der Waals surface area contributed by atoms with E-state index in [1.165, 1.54) is 40.7 Å². The van der Waals surface area contributed by atoms with Crippen LogP contribution < -0.4 is 5.32 Å². The summed E-state index contributed by atoms with van der Waals surface area (Å²) in [5.41, 5.74) is 0.466. The van der Waals surface area contributed by atoms with Crippen LogP contribution in [-0.4, -0.2) is 56.3 Å². The van der Waals surface area contributed by atoms with E-state index in [9.17, 15) is 31.7 Å². The van der Waals surface area contributed by atoms with E-state index in [4.69, 9.17) is 0 Å². The summed E-state index contributed by atoms with van der Waals surface area (Å²) in [6, 6.07) is 9.46. The number of hydrogen-bond acceptors (Lipinski definition) is 9. The summed E-state index contributed by atoms with van der Waals surface area (Å²) in [5.74, 6) is -0.736. The van der Waals surface area contributed by atoms with Gasteiger partial charge in [0.2, 0.25) is 15.9 Å². The fourth-order valence-electron chi connectivity index (χ4n) is 3.66. The van der Waals surface area contributed by atoms with Crippen LogP contribution in [0.1, 0.15) is 12.8 Å². The van der Waals surface area contributed by atoms with Gasteiger partial charge in [-0.05, 0) is 37.1 Å². The summed E-state index contributed by atoms with van der Waals surface area (Å²) in [6.07, 6.45) is 1.58. The van der Waals surface area contributed by atoms with Gasteiger partial charge in [0.15, 0.2) is 15.0 Å². The Labute approximate surface area is 199 Å². The molecule has 0 aliphatic carbocycles. The van der Waals surface area contributed by atoms with Crippen molar-refractivity contribution >= 4 is 58.1 Å². The molecule has 0 atom stereocenters. The number of carbonyl (C=O) groups excluding carboxylic acids is 1. The molecule has 0 bridgehead atoms. The molecule has 1 amide bonds. The van der Waals surface area contributed by atoms with Crippen molar-refractivity contribution in [2.24, 2.45) is 5.92 Å². The number of amides is 1. The average molecular weight is 525 g/mol. The number of nitro groups is 1. The van der Waals surface area contributed by atoms with Gasteiger partial charge in [0, 0.05) is 37.4 Å². The number of sulfone groups is 1. The summed E-state index contributed by atoms with van der Waals surface area (Å²) in [6.45, 7) is 0.213. The maximum atomic E-state index is 13.0. The highest BCUT2D eigenvalue weighted by atomic mass is 32.2. The maximum absolute atomic E-state index is 13.0. The zero-order chi connectivity index (χ0) is 24.7. The predicted octanol–water partition coefficient (Wildman–Crippen LogP) is 2.65. The molecule has 180 valence electrons. The molecule has 2 heterocycles. The summed E-state index contributed by atoms with van der Waals surface area (Å²) in [7, 11) is -7.47. The predicted molar refractivity (Wildman–Crippen MR) is 126 cm³/mol. The second-order valence-corrected chi connectivity index (χ2v) is 12.8. The highest BCUT2D eigenvalue weighted by molar-refractivity contribution is 7.91. The molecule has 1 aliphatic heterocycles. The Bertz CT molecular complexity index is 1490. The molecule has 0 radical (unpaired) electrons. The number of hydrogen-bond donors (Lipinski definition) is 1. The molecular formula is C20H20N4O7S3. The number of nitrogens with one attached hydrogen (secondary N) is 1. The van der Waals surface area contributed by atoms with Gasteiger partial charge >= 0.3 is 0 Å². The van der Waals surface area contributed by atoms with Crippen molar-refractivity contribution < 1.29 is 26.6 Å². The van der Waals surface area contributed by atoms with Gasteiger partial charge in [0.05, 0.1) is 24.9 Å². The van der Waals surface area contributed by atoms with Crippen LogP contribution in [-0.2, 0) is 24.7 Å². The maximum Gasteiger partial charge on any atom is 0.270 e. The lowest BCUT2D eigenvalue weighted by atomic mass is 9.97. The minimum atomic E-state index is -3.91. The van der Waals surface area contributed by atoms with Crippen molar-refractivity contribution in [3.63, 3.8) is 0 Å². The topological polar surface area (TPSA) is 157 Å². The molecule has 4 rings (SSSR count). The van der Waals surface area contributed by atoms with Crippen molar-refractivity contribution in [2.75, 3.05) is 24.7 Å². The van der Waals surface area contributed by atoms with Crippen molar-refractivity contribution in [1.82, 2.24) is 9.29 Å². The van der Waals surface area contributed by atoms with E-state index in [0.29, 0.717) is 15.3 Å². The third kappa shape index (κ3) is 4.94. The van der Waals surface area contributed by atoms with E-state index in [1.54, 1.807) is 0 Å². The number of nitrogens with zero attached hydrogens (tertiary/aromatic N) is 3. The number of anilines is 1. The van der Waals surface area contributed by atoms with Crippen molar-refractivity contribution in [1.29, 1.82) is 0 Å². The van der Waals surface area contributed by atoms with E-state index < -0.39 is 30.7 Å². The Balaban J connectivity index is 1.42. The van der Waals surface area contributed by atoms with Crippen LogP contribution in [0, 0.1) is 16.0 Å². The molecule has 2 aromatic carbocycles. The molecule has 34 heavy (non-hydrogen) atoms. The lowest BCUT2D eigenvalue weighted by Crippen LogP contribution is -2.41.